The lowest BCUT2D eigenvalue weighted by Gasteiger charge is -2.15. The van der Waals surface area contributed by atoms with E-state index in [9.17, 15) is 14.7 Å². The van der Waals surface area contributed by atoms with E-state index in [4.69, 9.17) is 9.47 Å². The van der Waals surface area contributed by atoms with Gasteiger partial charge in [-0.25, -0.2) is 0 Å². The number of carbonyl (C=O) groups is 2. The number of esters is 2. The van der Waals surface area contributed by atoms with Gasteiger partial charge >= 0.3 is 11.9 Å². The van der Waals surface area contributed by atoms with Crippen LogP contribution in [0.2, 0.25) is 0 Å². The van der Waals surface area contributed by atoms with Gasteiger partial charge in [0.15, 0.2) is 6.10 Å². The Morgan fingerprint density at radius 2 is 0.969 bits per heavy atom. The monoisotopic (exact) mass is 456 g/mol. The summed E-state index contributed by atoms with van der Waals surface area (Å²) in [6, 6.07) is 0. The Balaban J connectivity index is 3.61. The zero-order valence-electron chi connectivity index (χ0n) is 21.2. The summed E-state index contributed by atoms with van der Waals surface area (Å²) >= 11 is 0. The molecule has 0 aliphatic carbocycles. The number of ether oxygens (including phenoxy) is 2. The molecule has 0 radical (unpaired) electrons. The largest absolute Gasteiger partial charge is 0.462 e. The number of rotatable bonds is 24. The van der Waals surface area contributed by atoms with E-state index in [1.165, 1.54) is 77.0 Å². The summed E-state index contributed by atoms with van der Waals surface area (Å²) in [5.41, 5.74) is 0. The Morgan fingerprint density at radius 3 is 1.38 bits per heavy atom. The topological polar surface area (TPSA) is 72.8 Å². The van der Waals surface area contributed by atoms with Crippen molar-refractivity contribution in [1.82, 2.24) is 0 Å². The number of hydrogen-bond acceptors (Lipinski definition) is 5. The Morgan fingerprint density at radius 1 is 0.594 bits per heavy atom. The second-order valence-corrected chi connectivity index (χ2v) is 9.13. The van der Waals surface area contributed by atoms with Crippen LogP contribution >= 0.6 is 0 Å². The maximum Gasteiger partial charge on any atom is 0.306 e. The van der Waals surface area contributed by atoms with Gasteiger partial charge in [0, 0.05) is 12.8 Å². The van der Waals surface area contributed by atoms with Crippen molar-refractivity contribution in [3.63, 3.8) is 0 Å². The fraction of sp³-hybridized carbons (Fsp3) is 0.926. The molecule has 190 valence electrons. The van der Waals surface area contributed by atoms with E-state index in [0.717, 1.165) is 38.5 Å². The highest BCUT2D eigenvalue weighted by molar-refractivity contribution is 5.70. The number of aliphatic hydroxyl groups is 1. The Kier molecular flexibility index (Phi) is 23.7. The highest BCUT2D eigenvalue weighted by atomic mass is 16.6. The minimum Gasteiger partial charge on any atom is -0.462 e. The van der Waals surface area contributed by atoms with Gasteiger partial charge in [-0.2, -0.15) is 0 Å². The molecule has 0 aliphatic rings. The third kappa shape index (κ3) is 22.1. The average Bonchev–Trinajstić information content (AvgIpc) is 2.79. The van der Waals surface area contributed by atoms with Crippen LogP contribution < -0.4 is 0 Å². The van der Waals surface area contributed by atoms with Crippen molar-refractivity contribution in [2.24, 2.45) is 0 Å². The van der Waals surface area contributed by atoms with Gasteiger partial charge in [0.25, 0.3) is 0 Å². The van der Waals surface area contributed by atoms with Crippen molar-refractivity contribution in [1.29, 1.82) is 0 Å². The lowest BCUT2D eigenvalue weighted by Crippen LogP contribution is -2.28. The predicted octanol–water partition coefficient (Wildman–Crippen LogP) is 7.28. The van der Waals surface area contributed by atoms with Crippen LogP contribution in [0.15, 0.2) is 0 Å². The van der Waals surface area contributed by atoms with Crippen LogP contribution in [0.1, 0.15) is 142 Å². The Bertz CT molecular complexity index is 424. The lowest BCUT2D eigenvalue weighted by atomic mass is 10.1. The van der Waals surface area contributed by atoms with Crippen LogP contribution in [0.4, 0.5) is 0 Å². The summed E-state index contributed by atoms with van der Waals surface area (Å²) in [5.74, 6) is -0.595. The number of hydrogen-bond donors (Lipinski definition) is 1. The van der Waals surface area contributed by atoms with Gasteiger partial charge < -0.3 is 14.6 Å². The van der Waals surface area contributed by atoms with Crippen LogP contribution in [-0.2, 0) is 19.1 Å². The molecule has 5 nitrogen and oxygen atoms in total. The van der Waals surface area contributed by atoms with Crippen LogP contribution in [0.25, 0.3) is 0 Å². The maximum atomic E-state index is 12.0. The molecule has 0 saturated carbocycles. The van der Waals surface area contributed by atoms with E-state index in [2.05, 4.69) is 13.8 Å². The zero-order chi connectivity index (χ0) is 23.7. The fourth-order valence-electron chi connectivity index (χ4n) is 3.79. The minimum atomic E-state index is -0.756. The minimum absolute atomic E-state index is 0.0594. The molecule has 0 aliphatic heterocycles. The molecule has 32 heavy (non-hydrogen) atoms. The van der Waals surface area contributed by atoms with E-state index in [1.807, 2.05) is 0 Å². The average molecular weight is 457 g/mol. The summed E-state index contributed by atoms with van der Waals surface area (Å²) in [6.45, 7) is 4.07. The zero-order valence-corrected chi connectivity index (χ0v) is 21.2. The Labute approximate surface area is 198 Å². The van der Waals surface area contributed by atoms with E-state index in [0.29, 0.717) is 12.8 Å². The first-order valence-corrected chi connectivity index (χ1v) is 13.6. The van der Waals surface area contributed by atoms with E-state index in [-0.39, 0.29) is 25.2 Å². The van der Waals surface area contributed by atoms with Crippen LogP contribution in [0.5, 0.6) is 0 Å². The number of unbranched alkanes of at least 4 members (excludes halogenated alkanes) is 16. The van der Waals surface area contributed by atoms with Gasteiger partial charge in [0.2, 0.25) is 0 Å². The third-order valence-corrected chi connectivity index (χ3v) is 5.90. The predicted molar refractivity (Wildman–Crippen MR) is 132 cm³/mol. The molecular formula is C27H52O5. The first kappa shape index (κ1) is 30.9. The van der Waals surface area contributed by atoms with Gasteiger partial charge in [-0.15, -0.1) is 0 Å². The molecule has 0 aromatic rings. The summed E-state index contributed by atoms with van der Waals surface area (Å²) in [6.07, 6.45) is 21.5. The molecule has 0 spiro atoms. The van der Waals surface area contributed by atoms with Crippen molar-refractivity contribution >= 4 is 11.9 Å². The molecule has 0 aromatic carbocycles. The number of carbonyl (C=O) groups excluding carboxylic acids is 2. The van der Waals surface area contributed by atoms with Crippen molar-refractivity contribution in [3.8, 4) is 0 Å². The van der Waals surface area contributed by atoms with E-state index >= 15 is 0 Å². The molecule has 0 fully saturated rings. The smallest absolute Gasteiger partial charge is 0.306 e. The molecule has 0 unspecified atom stereocenters. The quantitative estimate of drug-likeness (QED) is 0.122. The van der Waals surface area contributed by atoms with Crippen LogP contribution in [0, 0.1) is 0 Å². The molecule has 1 atom stereocenters. The van der Waals surface area contributed by atoms with Gasteiger partial charge in [-0.3, -0.25) is 9.59 Å². The molecule has 1 N–H and O–H groups in total. The molecule has 0 amide bonds. The number of aliphatic hydroxyl groups excluding tert-OH is 1. The van der Waals surface area contributed by atoms with Crippen molar-refractivity contribution in [2.75, 3.05) is 13.2 Å². The Hall–Kier alpha value is -1.10. The van der Waals surface area contributed by atoms with Crippen molar-refractivity contribution in [2.45, 2.75) is 148 Å². The van der Waals surface area contributed by atoms with Crippen LogP contribution in [-0.4, -0.2) is 36.4 Å². The second-order valence-electron chi connectivity index (χ2n) is 9.13. The highest BCUT2D eigenvalue weighted by Crippen LogP contribution is 2.12. The molecule has 0 bridgehead atoms. The van der Waals surface area contributed by atoms with Crippen molar-refractivity contribution < 1.29 is 24.2 Å². The molecule has 0 heterocycles. The SMILES string of the molecule is CCCCCCCCCCCCC(=O)O[C@@H](CO)COC(=O)CCCCCCCCCC. The highest BCUT2D eigenvalue weighted by Gasteiger charge is 2.16. The second kappa shape index (κ2) is 24.5. The van der Waals surface area contributed by atoms with Gasteiger partial charge in [-0.05, 0) is 12.8 Å². The maximum absolute atomic E-state index is 12.0. The van der Waals surface area contributed by atoms with E-state index < -0.39 is 6.10 Å². The van der Waals surface area contributed by atoms with Gasteiger partial charge in [0.05, 0.1) is 6.61 Å². The van der Waals surface area contributed by atoms with Crippen molar-refractivity contribution in [3.05, 3.63) is 0 Å². The lowest BCUT2D eigenvalue weighted by molar-refractivity contribution is -0.161. The molecular weight excluding hydrogens is 404 g/mol. The molecule has 0 saturated heterocycles. The summed E-state index contributed by atoms with van der Waals surface area (Å²) < 4.78 is 10.4. The van der Waals surface area contributed by atoms with E-state index in [1.54, 1.807) is 0 Å². The summed E-state index contributed by atoms with van der Waals surface area (Å²) in [5, 5.41) is 9.40. The first-order chi connectivity index (χ1) is 15.6. The standard InChI is InChI=1S/C27H52O5/c1-3-5-7-9-11-13-14-16-18-20-22-27(30)32-25(23-28)24-31-26(29)21-19-17-15-12-10-8-6-4-2/h25,28H,3-24H2,1-2H3/t25-/m0/s1. The molecule has 0 rings (SSSR count). The summed E-state index contributed by atoms with van der Waals surface area (Å²) in [4.78, 5) is 23.8. The van der Waals surface area contributed by atoms with Crippen LogP contribution in [0.3, 0.4) is 0 Å². The fourth-order valence-corrected chi connectivity index (χ4v) is 3.79. The molecule has 0 aromatic heterocycles. The first-order valence-electron chi connectivity index (χ1n) is 13.6. The normalized spacial score (nSPS) is 12.0. The van der Waals surface area contributed by atoms with Gasteiger partial charge in [-0.1, -0.05) is 117 Å². The summed E-state index contributed by atoms with van der Waals surface area (Å²) in [7, 11) is 0. The third-order valence-electron chi connectivity index (χ3n) is 5.90. The van der Waals surface area contributed by atoms with Gasteiger partial charge in [0.1, 0.15) is 6.61 Å². The molecule has 5 heteroatoms.